The first-order valence-corrected chi connectivity index (χ1v) is 11.6. The van der Waals surface area contributed by atoms with Crippen molar-refractivity contribution >= 4 is 41.5 Å². The Labute approximate surface area is 209 Å². The molecule has 5 rings (SSSR count). The van der Waals surface area contributed by atoms with Crippen molar-refractivity contribution in [2.75, 3.05) is 0 Å². The van der Waals surface area contributed by atoms with Gasteiger partial charge in [0.2, 0.25) is 0 Å². The highest BCUT2D eigenvalue weighted by atomic mass is 35.5. The lowest BCUT2D eigenvalue weighted by atomic mass is 9.99. The lowest BCUT2D eigenvalue weighted by Gasteiger charge is -2.38. The summed E-state index contributed by atoms with van der Waals surface area (Å²) in [6.45, 7) is 4.53. The summed E-state index contributed by atoms with van der Waals surface area (Å²) in [7, 11) is 0. The van der Waals surface area contributed by atoms with Gasteiger partial charge < -0.3 is 4.74 Å². The van der Waals surface area contributed by atoms with Crippen molar-refractivity contribution in [1.82, 2.24) is 20.2 Å². The fraction of sp³-hybridized carbons (Fsp3) is 0.333. The smallest absolute Gasteiger partial charge is 0.286 e. The van der Waals surface area contributed by atoms with Crippen molar-refractivity contribution in [2.24, 2.45) is 0 Å². The van der Waals surface area contributed by atoms with E-state index in [-0.39, 0.29) is 37.0 Å². The topological polar surface area (TPSA) is 59.4 Å². The fourth-order valence-corrected chi connectivity index (χ4v) is 5.11. The number of hydrogen-bond donors (Lipinski definition) is 1. The van der Waals surface area contributed by atoms with Gasteiger partial charge in [-0.25, -0.2) is 9.69 Å². The first-order chi connectivity index (χ1) is 15.4. The maximum absolute atomic E-state index is 13.4. The van der Waals surface area contributed by atoms with Crippen molar-refractivity contribution in [3.63, 3.8) is 0 Å². The highest BCUT2D eigenvalue weighted by Gasteiger charge is 2.33. The van der Waals surface area contributed by atoms with Gasteiger partial charge in [-0.15, -0.1) is 12.4 Å². The van der Waals surface area contributed by atoms with Gasteiger partial charge in [0.15, 0.2) is 5.69 Å². The van der Waals surface area contributed by atoms with E-state index in [1.54, 1.807) is 16.8 Å². The van der Waals surface area contributed by atoms with Gasteiger partial charge in [0.25, 0.3) is 5.91 Å². The number of fused-ring (bicyclic) bond motifs is 3. The van der Waals surface area contributed by atoms with Crippen LogP contribution in [0.1, 0.15) is 49.2 Å². The SMILES string of the molecule is CC1CCCC(C)N1NC(=O)c1nn(-c2ccc(Cl)cc2Cl)c2c1COc1ccccc1-2.Cl. The number of aromatic nitrogens is 2. The van der Waals surface area contributed by atoms with Crippen LogP contribution in [0.4, 0.5) is 0 Å². The average molecular weight is 508 g/mol. The van der Waals surface area contributed by atoms with Crippen LogP contribution in [0.15, 0.2) is 42.5 Å². The number of para-hydroxylation sites is 1. The standard InChI is InChI=1S/C24H24Cl2N4O2.ClH/c1-14-6-5-7-15(2)29(14)28-24(31)22-18-13-32-21-9-4-3-8-17(21)23(18)30(27-22)20-11-10-16(25)12-19(20)26;/h3-4,8-12,14-15H,5-7,13H2,1-2H3,(H,28,31);1H. The molecule has 1 aromatic heterocycles. The van der Waals surface area contributed by atoms with Crippen molar-refractivity contribution < 1.29 is 9.53 Å². The molecular weight excluding hydrogens is 483 g/mol. The Kier molecular flexibility index (Phi) is 6.91. The third-order valence-corrected chi connectivity index (χ3v) is 6.81. The minimum atomic E-state index is -0.242. The Bertz CT molecular complexity index is 1190. The second-order valence-corrected chi connectivity index (χ2v) is 9.29. The molecule has 0 spiro atoms. The summed E-state index contributed by atoms with van der Waals surface area (Å²) >= 11 is 12.6. The summed E-state index contributed by atoms with van der Waals surface area (Å²) in [5.41, 5.74) is 6.51. The minimum Gasteiger partial charge on any atom is -0.488 e. The van der Waals surface area contributed by atoms with Gasteiger partial charge in [-0.3, -0.25) is 10.2 Å². The van der Waals surface area contributed by atoms with E-state index >= 15 is 0 Å². The number of piperidine rings is 1. The van der Waals surface area contributed by atoms with Gasteiger partial charge in [-0.05, 0) is 57.0 Å². The number of carbonyl (C=O) groups is 1. The Morgan fingerprint density at radius 1 is 1.12 bits per heavy atom. The molecule has 3 aromatic rings. The first kappa shape index (κ1) is 23.9. The Morgan fingerprint density at radius 2 is 1.85 bits per heavy atom. The number of ether oxygens (including phenoxy) is 1. The molecule has 1 fully saturated rings. The maximum atomic E-state index is 13.4. The quantitative estimate of drug-likeness (QED) is 0.467. The van der Waals surface area contributed by atoms with Gasteiger partial charge >= 0.3 is 0 Å². The van der Waals surface area contributed by atoms with Crippen LogP contribution in [0.25, 0.3) is 16.9 Å². The van der Waals surface area contributed by atoms with Gasteiger partial charge in [0, 0.05) is 28.2 Å². The predicted octanol–water partition coefficient (Wildman–Crippen LogP) is 6.07. The van der Waals surface area contributed by atoms with E-state index < -0.39 is 0 Å². The molecule has 1 amide bonds. The minimum absolute atomic E-state index is 0. The fourth-order valence-electron chi connectivity index (χ4n) is 4.62. The van der Waals surface area contributed by atoms with Gasteiger partial charge in [-0.1, -0.05) is 41.8 Å². The Morgan fingerprint density at radius 3 is 2.58 bits per heavy atom. The molecule has 9 heteroatoms. The molecule has 1 saturated heterocycles. The number of amides is 1. The molecule has 3 heterocycles. The third kappa shape index (κ3) is 4.33. The third-order valence-electron chi connectivity index (χ3n) is 6.27. The van der Waals surface area contributed by atoms with Crippen LogP contribution in [0, 0.1) is 0 Å². The molecule has 0 saturated carbocycles. The number of nitrogens with zero attached hydrogens (tertiary/aromatic N) is 3. The zero-order valence-electron chi connectivity index (χ0n) is 18.3. The molecule has 0 bridgehead atoms. The van der Waals surface area contributed by atoms with E-state index in [1.165, 1.54) is 6.42 Å². The molecule has 2 aliphatic rings. The summed E-state index contributed by atoms with van der Waals surface area (Å²) < 4.78 is 7.70. The number of benzene rings is 2. The van der Waals surface area contributed by atoms with E-state index in [4.69, 9.17) is 33.0 Å². The molecule has 6 nitrogen and oxygen atoms in total. The van der Waals surface area contributed by atoms with Crippen molar-refractivity contribution in [3.8, 4) is 22.7 Å². The van der Waals surface area contributed by atoms with Crippen LogP contribution in [0.5, 0.6) is 5.75 Å². The molecule has 0 radical (unpaired) electrons. The summed E-state index contributed by atoms with van der Waals surface area (Å²) in [6.07, 6.45) is 3.26. The first-order valence-electron chi connectivity index (χ1n) is 10.8. The molecule has 1 N–H and O–H groups in total. The second-order valence-electron chi connectivity index (χ2n) is 8.45. The summed E-state index contributed by atoms with van der Waals surface area (Å²) in [5, 5.41) is 7.78. The molecule has 2 unspecified atom stereocenters. The number of hydrogen-bond acceptors (Lipinski definition) is 4. The molecule has 2 aliphatic heterocycles. The van der Waals surface area contributed by atoms with Gasteiger partial charge in [-0.2, -0.15) is 5.10 Å². The Balaban J connectivity index is 0.00000259. The van der Waals surface area contributed by atoms with E-state index in [0.29, 0.717) is 21.4 Å². The van der Waals surface area contributed by atoms with Crippen LogP contribution < -0.4 is 10.2 Å². The average Bonchev–Trinajstić information content (AvgIpc) is 3.16. The summed E-state index contributed by atoms with van der Waals surface area (Å²) in [5.74, 6) is 0.505. The molecule has 2 aromatic carbocycles. The van der Waals surface area contributed by atoms with Crippen LogP contribution in [-0.2, 0) is 6.61 Å². The zero-order chi connectivity index (χ0) is 22.4. The number of nitrogens with one attached hydrogen (secondary N) is 1. The summed E-state index contributed by atoms with van der Waals surface area (Å²) in [6, 6.07) is 13.5. The van der Waals surface area contributed by atoms with E-state index in [1.807, 2.05) is 35.3 Å². The van der Waals surface area contributed by atoms with Crippen LogP contribution in [0.2, 0.25) is 10.0 Å². The van der Waals surface area contributed by atoms with Crippen molar-refractivity contribution in [1.29, 1.82) is 0 Å². The highest BCUT2D eigenvalue weighted by molar-refractivity contribution is 6.35. The van der Waals surface area contributed by atoms with Crippen molar-refractivity contribution in [3.05, 3.63) is 63.8 Å². The number of halogens is 3. The second kappa shape index (κ2) is 9.55. The van der Waals surface area contributed by atoms with Crippen LogP contribution in [-0.4, -0.2) is 32.8 Å². The van der Waals surface area contributed by atoms with E-state index in [0.717, 1.165) is 35.4 Å². The zero-order valence-corrected chi connectivity index (χ0v) is 20.7. The Hall–Kier alpha value is -2.25. The van der Waals surface area contributed by atoms with Gasteiger partial charge in [0.05, 0.1) is 16.4 Å². The largest absolute Gasteiger partial charge is 0.488 e. The number of carbonyl (C=O) groups excluding carboxylic acids is 1. The monoisotopic (exact) mass is 506 g/mol. The predicted molar refractivity (Wildman–Crippen MR) is 133 cm³/mol. The molecule has 0 aliphatic carbocycles. The molecule has 2 atom stereocenters. The molecular formula is C24H25Cl3N4O2. The van der Waals surface area contributed by atoms with Crippen LogP contribution >= 0.6 is 35.6 Å². The summed E-state index contributed by atoms with van der Waals surface area (Å²) in [4.78, 5) is 13.4. The normalized spacial score (nSPS) is 19.6. The highest BCUT2D eigenvalue weighted by Crippen LogP contribution is 2.41. The van der Waals surface area contributed by atoms with Crippen molar-refractivity contribution in [2.45, 2.75) is 51.8 Å². The number of hydrazine groups is 1. The molecule has 174 valence electrons. The molecule has 33 heavy (non-hydrogen) atoms. The lowest BCUT2D eigenvalue weighted by molar-refractivity contribution is 0.0364. The maximum Gasteiger partial charge on any atom is 0.286 e. The van der Waals surface area contributed by atoms with Crippen LogP contribution in [0.3, 0.4) is 0 Å². The van der Waals surface area contributed by atoms with E-state index in [2.05, 4.69) is 19.3 Å². The lowest BCUT2D eigenvalue weighted by Crippen LogP contribution is -2.54. The van der Waals surface area contributed by atoms with E-state index in [9.17, 15) is 4.79 Å². The number of rotatable bonds is 3. The van der Waals surface area contributed by atoms with Gasteiger partial charge in [0.1, 0.15) is 12.4 Å².